The van der Waals surface area contributed by atoms with Crippen LogP contribution >= 0.6 is 11.6 Å². The first-order valence-corrected chi connectivity index (χ1v) is 11.8. The Morgan fingerprint density at radius 3 is 2.67 bits per heavy atom. The molecule has 2 N–H and O–H groups in total. The summed E-state index contributed by atoms with van der Waals surface area (Å²) >= 11 is 5.96. The summed E-state index contributed by atoms with van der Waals surface area (Å²) in [6.45, 7) is -0.789. The fourth-order valence-corrected chi connectivity index (χ4v) is 4.42. The van der Waals surface area contributed by atoms with Crippen molar-refractivity contribution in [1.82, 2.24) is 14.5 Å². The number of rotatable bonds is 7. The van der Waals surface area contributed by atoms with Crippen LogP contribution in [-0.4, -0.2) is 51.1 Å². The zero-order valence-electron chi connectivity index (χ0n) is 19.9. The lowest BCUT2D eigenvalue weighted by Gasteiger charge is -2.28. The van der Waals surface area contributed by atoms with E-state index >= 15 is 4.39 Å². The Hall–Kier alpha value is -4.71. The van der Waals surface area contributed by atoms with Crippen molar-refractivity contribution in [2.45, 2.75) is 24.2 Å². The number of nitrogen functional groups attached to an aromatic ring is 1. The Labute approximate surface area is 224 Å². The number of nitrogens with zero attached hydrogens (tertiary/aromatic N) is 6. The van der Waals surface area contributed by atoms with Gasteiger partial charge < -0.3 is 24.5 Å². The van der Waals surface area contributed by atoms with Gasteiger partial charge in [-0.3, -0.25) is 0 Å². The highest BCUT2D eigenvalue weighted by molar-refractivity contribution is 6.30. The standard InChI is InChI=1S/C25H19ClFN7O5/c26-16-8-4-7-15(11-16)23(35)37-12-25(32-33-29)19(38-24(36)14-5-2-1-3-6-14)18(27)22(39-25)34-10-9-17-20(28)30-13-31-21(17)34/h1-11,13,18-19,22H,12H2,(H2,28,30,31)/t18-,19-,22+,25+/m0/s1. The molecule has 39 heavy (non-hydrogen) atoms. The molecule has 0 saturated carbocycles. The number of carbonyl (C=O) groups is 2. The zero-order valence-corrected chi connectivity index (χ0v) is 20.7. The summed E-state index contributed by atoms with van der Waals surface area (Å²) in [5.41, 5.74) is 13.4. The molecule has 1 aliphatic rings. The van der Waals surface area contributed by atoms with Crippen LogP contribution < -0.4 is 5.73 Å². The molecule has 5 rings (SSSR count). The van der Waals surface area contributed by atoms with Crippen LogP contribution in [0.5, 0.6) is 0 Å². The van der Waals surface area contributed by atoms with Gasteiger partial charge in [0.25, 0.3) is 0 Å². The maximum atomic E-state index is 16.2. The van der Waals surface area contributed by atoms with Crippen molar-refractivity contribution >= 4 is 40.4 Å². The number of benzene rings is 2. The largest absolute Gasteiger partial charge is 0.459 e. The molecule has 4 aromatic rings. The van der Waals surface area contributed by atoms with E-state index in [-0.39, 0.29) is 27.6 Å². The maximum absolute atomic E-state index is 16.2. The molecule has 14 heteroatoms. The second kappa shape index (κ2) is 10.6. The van der Waals surface area contributed by atoms with E-state index in [0.29, 0.717) is 5.39 Å². The van der Waals surface area contributed by atoms with Crippen LogP contribution in [-0.2, 0) is 14.2 Å². The molecule has 0 aliphatic carbocycles. The number of carbonyl (C=O) groups excluding carboxylic acids is 2. The van der Waals surface area contributed by atoms with Crippen LogP contribution in [0.15, 0.2) is 78.3 Å². The molecule has 3 heterocycles. The Balaban J connectivity index is 1.52. The van der Waals surface area contributed by atoms with E-state index in [1.807, 2.05) is 0 Å². The summed E-state index contributed by atoms with van der Waals surface area (Å²) in [5.74, 6) is -1.61. The highest BCUT2D eigenvalue weighted by Crippen LogP contribution is 2.44. The van der Waals surface area contributed by atoms with Crippen molar-refractivity contribution in [2.75, 3.05) is 12.3 Å². The zero-order chi connectivity index (χ0) is 27.6. The van der Waals surface area contributed by atoms with Gasteiger partial charge in [0.15, 0.2) is 18.5 Å². The molecule has 0 bridgehead atoms. The molecular formula is C25H19ClFN7O5. The number of esters is 2. The molecular weight excluding hydrogens is 533 g/mol. The van der Waals surface area contributed by atoms with Crippen LogP contribution in [0.3, 0.4) is 0 Å². The van der Waals surface area contributed by atoms with E-state index in [2.05, 4.69) is 20.0 Å². The summed E-state index contributed by atoms with van der Waals surface area (Å²) in [7, 11) is 0. The summed E-state index contributed by atoms with van der Waals surface area (Å²) in [5, 5.41) is 4.34. The Bertz CT molecular complexity index is 1600. The second-order valence-corrected chi connectivity index (χ2v) is 8.92. The van der Waals surface area contributed by atoms with E-state index in [9.17, 15) is 15.1 Å². The first-order chi connectivity index (χ1) is 18.8. The molecule has 2 aromatic heterocycles. The third-order valence-electron chi connectivity index (χ3n) is 6.07. The maximum Gasteiger partial charge on any atom is 0.338 e. The number of nitrogens with two attached hydrogens (primary N) is 1. The quantitative estimate of drug-likeness (QED) is 0.150. The van der Waals surface area contributed by atoms with Crippen molar-refractivity contribution in [3.8, 4) is 0 Å². The average molecular weight is 552 g/mol. The summed E-state index contributed by atoms with van der Waals surface area (Å²) in [6, 6.07) is 15.3. The lowest BCUT2D eigenvalue weighted by molar-refractivity contribution is -0.127. The third kappa shape index (κ3) is 4.93. The van der Waals surface area contributed by atoms with Crippen LogP contribution in [0.1, 0.15) is 26.9 Å². The Kier molecular flexibility index (Phi) is 7.03. The predicted octanol–water partition coefficient (Wildman–Crippen LogP) is 4.62. The molecule has 0 spiro atoms. The van der Waals surface area contributed by atoms with Crippen molar-refractivity contribution < 1.29 is 28.2 Å². The van der Waals surface area contributed by atoms with Crippen molar-refractivity contribution in [1.29, 1.82) is 0 Å². The lowest BCUT2D eigenvalue weighted by atomic mass is 10.1. The van der Waals surface area contributed by atoms with Gasteiger partial charge in [-0.2, -0.15) is 0 Å². The van der Waals surface area contributed by atoms with Gasteiger partial charge in [0.2, 0.25) is 5.72 Å². The molecule has 1 saturated heterocycles. The van der Waals surface area contributed by atoms with Gasteiger partial charge >= 0.3 is 11.9 Å². The number of ether oxygens (including phenoxy) is 3. The fourth-order valence-electron chi connectivity index (χ4n) is 4.23. The minimum Gasteiger partial charge on any atom is -0.459 e. The second-order valence-electron chi connectivity index (χ2n) is 8.48. The number of halogens is 2. The van der Waals surface area contributed by atoms with Gasteiger partial charge in [-0.15, -0.1) is 0 Å². The highest BCUT2D eigenvalue weighted by atomic mass is 35.5. The molecule has 0 unspecified atom stereocenters. The van der Waals surface area contributed by atoms with Gasteiger partial charge in [-0.05, 0) is 41.9 Å². The summed E-state index contributed by atoms with van der Waals surface area (Å²) < 4.78 is 34.3. The van der Waals surface area contributed by atoms with Gasteiger partial charge in [0.05, 0.1) is 16.5 Å². The minimum absolute atomic E-state index is 0.0892. The van der Waals surface area contributed by atoms with Gasteiger partial charge in [-0.25, -0.2) is 23.9 Å². The van der Waals surface area contributed by atoms with Crippen molar-refractivity contribution in [3.05, 3.63) is 99.8 Å². The number of anilines is 1. The van der Waals surface area contributed by atoms with E-state index in [0.717, 1.165) is 0 Å². The fraction of sp³-hybridized carbons (Fsp3) is 0.200. The smallest absolute Gasteiger partial charge is 0.338 e. The Morgan fingerprint density at radius 2 is 1.92 bits per heavy atom. The van der Waals surface area contributed by atoms with Crippen LogP contribution in [0, 0.1) is 0 Å². The highest BCUT2D eigenvalue weighted by Gasteiger charge is 2.60. The normalized spacial score (nSPS) is 22.3. The van der Waals surface area contributed by atoms with E-state index in [4.69, 9.17) is 31.5 Å². The monoisotopic (exact) mass is 551 g/mol. The number of fused-ring (bicyclic) bond motifs is 1. The van der Waals surface area contributed by atoms with E-state index < -0.39 is 42.8 Å². The molecule has 0 radical (unpaired) electrons. The number of alkyl halides is 1. The Morgan fingerprint density at radius 1 is 1.15 bits per heavy atom. The van der Waals surface area contributed by atoms with Crippen molar-refractivity contribution in [2.24, 2.45) is 5.11 Å². The molecule has 198 valence electrons. The molecule has 4 atom stereocenters. The lowest BCUT2D eigenvalue weighted by Crippen LogP contribution is -2.47. The number of azide groups is 1. The summed E-state index contributed by atoms with van der Waals surface area (Å²) in [4.78, 5) is 36.5. The predicted molar refractivity (Wildman–Crippen MR) is 136 cm³/mol. The molecule has 0 amide bonds. The topological polar surface area (TPSA) is 167 Å². The third-order valence-corrected chi connectivity index (χ3v) is 6.31. The van der Waals surface area contributed by atoms with Gasteiger partial charge in [0.1, 0.15) is 24.4 Å². The molecule has 1 fully saturated rings. The van der Waals surface area contributed by atoms with Crippen LogP contribution in [0.2, 0.25) is 5.02 Å². The van der Waals surface area contributed by atoms with Crippen LogP contribution in [0.4, 0.5) is 10.2 Å². The first-order valence-electron chi connectivity index (χ1n) is 11.5. The van der Waals surface area contributed by atoms with Gasteiger partial charge in [-0.1, -0.05) is 41.0 Å². The minimum atomic E-state index is -2.29. The average Bonchev–Trinajstić information content (AvgIpc) is 3.48. The first kappa shape index (κ1) is 25.9. The SMILES string of the molecule is [N-]=[N+]=N[C@]1(COC(=O)c2cccc(Cl)c2)O[C@@H](n2ccc3c(N)ncnc32)[C@@H](F)[C@@H]1OC(=O)c1ccccc1. The van der Waals surface area contributed by atoms with Crippen LogP contribution in [0.25, 0.3) is 21.5 Å². The van der Waals surface area contributed by atoms with Gasteiger partial charge in [0, 0.05) is 16.1 Å². The van der Waals surface area contributed by atoms with Crippen molar-refractivity contribution in [3.63, 3.8) is 0 Å². The molecule has 12 nitrogen and oxygen atoms in total. The van der Waals surface area contributed by atoms with E-state index in [1.54, 1.807) is 30.3 Å². The number of aromatic nitrogens is 3. The summed E-state index contributed by atoms with van der Waals surface area (Å²) in [6.07, 6.45) is -2.79. The molecule has 1 aliphatic heterocycles. The van der Waals surface area contributed by atoms with E-state index in [1.165, 1.54) is 47.4 Å². The molecule has 2 aromatic carbocycles. The number of hydrogen-bond acceptors (Lipinski definition) is 9. The number of hydrogen-bond donors (Lipinski definition) is 1.